The molecule has 0 aromatic heterocycles. The quantitative estimate of drug-likeness (QED) is 0.623. The minimum atomic E-state index is 0.0475. The number of hydrogen-bond acceptors (Lipinski definition) is 4. The van der Waals surface area contributed by atoms with Crippen LogP contribution < -0.4 is 11.3 Å². The maximum absolute atomic E-state index is 5.85. The summed E-state index contributed by atoms with van der Waals surface area (Å²) in [5.41, 5.74) is 6.63. The average molecular weight is 249 g/mol. The molecule has 0 amide bonds. The highest BCUT2D eigenvalue weighted by molar-refractivity contribution is 5.31. The smallest absolute Gasteiger partial charge is 0.0909 e. The summed E-state index contributed by atoms with van der Waals surface area (Å²) in [5, 5.41) is 0. The number of ether oxygens (including phenoxy) is 1. The van der Waals surface area contributed by atoms with E-state index < -0.39 is 0 Å². The van der Waals surface area contributed by atoms with Gasteiger partial charge in [-0.3, -0.25) is 11.3 Å². The zero-order valence-electron chi connectivity index (χ0n) is 11.4. The van der Waals surface area contributed by atoms with Crippen molar-refractivity contribution in [1.82, 2.24) is 10.3 Å². The van der Waals surface area contributed by atoms with Gasteiger partial charge in [-0.05, 0) is 26.5 Å². The predicted molar refractivity (Wildman–Crippen MR) is 73.2 cm³/mol. The molecule has 2 rings (SSSR count). The maximum Gasteiger partial charge on any atom is 0.0909 e. The molecule has 1 aromatic rings. The number of morpholine rings is 1. The van der Waals surface area contributed by atoms with Crippen molar-refractivity contribution in [3.05, 3.63) is 34.9 Å². The van der Waals surface area contributed by atoms with E-state index in [1.165, 1.54) is 16.7 Å². The van der Waals surface area contributed by atoms with Crippen molar-refractivity contribution < 1.29 is 4.74 Å². The first-order valence-corrected chi connectivity index (χ1v) is 6.44. The topological polar surface area (TPSA) is 50.5 Å². The molecule has 0 spiro atoms. The Hall–Kier alpha value is -0.940. The number of nitrogens with two attached hydrogens (primary N) is 1. The molecule has 3 N–H and O–H groups in total. The highest BCUT2D eigenvalue weighted by Crippen LogP contribution is 2.23. The van der Waals surface area contributed by atoms with Gasteiger partial charge in [-0.25, -0.2) is 0 Å². The maximum atomic E-state index is 5.85. The Kier molecular flexibility index (Phi) is 4.35. The van der Waals surface area contributed by atoms with E-state index in [-0.39, 0.29) is 12.1 Å². The standard InChI is InChI=1S/C14H23N3O/c1-10-6-11(2)8-12(7-10)14(16-15)13-9-17(3)4-5-18-13/h6-8,13-14,16H,4-5,9,15H2,1-3H3. The Balaban J connectivity index is 2.21. The molecule has 0 radical (unpaired) electrons. The van der Waals surface area contributed by atoms with Crippen molar-refractivity contribution in [2.45, 2.75) is 26.0 Å². The first-order valence-electron chi connectivity index (χ1n) is 6.44. The number of likely N-dealkylation sites (N-methyl/N-ethyl adjacent to an activating group) is 1. The van der Waals surface area contributed by atoms with Gasteiger partial charge in [-0.15, -0.1) is 0 Å². The van der Waals surface area contributed by atoms with Gasteiger partial charge in [0.2, 0.25) is 0 Å². The number of nitrogens with zero attached hydrogens (tertiary/aromatic N) is 1. The van der Waals surface area contributed by atoms with Crippen molar-refractivity contribution in [2.75, 3.05) is 26.7 Å². The monoisotopic (exact) mass is 249 g/mol. The molecular formula is C14H23N3O. The molecule has 0 bridgehead atoms. The van der Waals surface area contributed by atoms with E-state index in [2.05, 4.69) is 49.4 Å². The minimum absolute atomic E-state index is 0.0475. The summed E-state index contributed by atoms with van der Waals surface area (Å²) in [4.78, 5) is 2.28. The molecule has 100 valence electrons. The van der Waals surface area contributed by atoms with Crippen molar-refractivity contribution in [2.24, 2.45) is 5.84 Å². The van der Waals surface area contributed by atoms with Crippen LogP contribution in [-0.2, 0) is 4.74 Å². The molecule has 1 aromatic carbocycles. The van der Waals surface area contributed by atoms with Crippen LogP contribution in [0.2, 0.25) is 0 Å². The third-order valence-corrected chi connectivity index (χ3v) is 3.45. The summed E-state index contributed by atoms with van der Waals surface area (Å²) in [5.74, 6) is 5.73. The highest BCUT2D eigenvalue weighted by Gasteiger charge is 2.27. The van der Waals surface area contributed by atoms with Crippen LogP contribution in [0, 0.1) is 13.8 Å². The Bertz CT molecular complexity index is 388. The van der Waals surface area contributed by atoms with Gasteiger partial charge in [-0.2, -0.15) is 0 Å². The highest BCUT2D eigenvalue weighted by atomic mass is 16.5. The van der Waals surface area contributed by atoms with E-state index in [0.717, 1.165) is 19.7 Å². The number of hydrazine groups is 1. The third-order valence-electron chi connectivity index (χ3n) is 3.45. The van der Waals surface area contributed by atoms with Gasteiger partial charge in [0.25, 0.3) is 0 Å². The fourth-order valence-electron chi connectivity index (χ4n) is 2.62. The molecule has 0 saturated carbocycles. The summed E-state index contributed by atoms with van der Waals surface area (Å²) >= 11 is 0. The molecule has 4 nitrogen and oxygen atoms in total. The lowest BCUT2D eigenvalue weighted by Gasteiger charge is -2.35. The molecular weight excluding hydrogens is 226 g/mol. The predicted octanol–water partition coefficient (Wildman–Crippen LogP) is 1.14. The summed E-state index contributed by atoms with van der Waals surface area (Å²) in [6, 6.07) is 6.57. The largest absolute Gasteiger partial charge is 0.374 e. The molecule has 4 heteroatoms. The summed E-state index contributed by atoms with van der Waals surface area (Å²) < 4.78 is 5.85. The number of hydrogen-bond donors (Lipinski definition) is 2. The van der Waals surface area contributed by atoms with Crippen LogP contribution in [0.1, 0.15) is 22.7 Å². The van der Waals surface area contributed by atoms with Crippen molar-refractivity contribution in [3.63, 3.8) is 0 Å². The molecule has 1 aliphatic heterocycles. The van der Waals surface area contributed by atoms with Gasteiger partial charge < -0.3 is 9.64 Å². The second-order valence-electron chi connectivity index (χ2n) is 5.24. The zero-order valence-corrected chi connectivity index (χ0v) is 11.4. The van der Waals surface area contributed by atoms with Gasteiger partial charge in [0.1, 0.15) is 0 Å². The van der Waals surface area contributed by atoms with E-state index >= 15 is 0 Å². The Morgan fingerprint density at radius 1 is 1.33 bits per heavy atom. The molecule has 18 heavy (non-hydrogen) atoms. The van der Waals surface area contributed by atoms with Crippen LogP contribution in [0.15, 0.2) is 18.2 Å². The van der Waals surface area contributed by atoms with Gasteiger partial charge >= 0.3 is 0 Å². The van der Waals surface area contributed by atoms with E-state index in [4.69, 9.17) is 10.6 Å². The Labute approximate surface area is 109 Å². The van der Waals surface area contributed by atoms with Crippen molar-refractivity contribution in [3.8, 4) is 0 Å². The van der Waals surface area contributed by atoms with E-state index in [1.807, 2.05) is 0 Å². The molecule has 1 saturated heterocycles. The molecule has 1 aliphatic rings. The lowest BCUT2D eigenvalue weighted by molar-refractivity contribution is -0.0393. The summed E-state index contributed by atoms with van der Waals surface area (Å²) in [7, 11) is 2.12. The van der Waals surface area contributed by atoms with Crippen LogP contribution in [0.5, 0.6) is 0 Å². The molecule has 0 aliphatic carbocycles. The van der Waals surface area contributed by atoms with Crippen LogP contribution in [0.4, 0.5) is 0 Å². The number of rotatable bonds is 3. The average Bonchev–Trinajstić information content (AvgIpc) is 2.28. The fraction of sp³-hybridized carbons (Fsp3) is 0.571. The van der Waals surface area contributed by atoms with Gasteiger partial charge in [-0.1, -0.05) is 29.3 Å². The Morgan fingerprint density at radius 2 is 2.00 bits per heavy atom. The molecule has 2 atom stereocenters. The number of aryl methyl sites for hydroxylation is 2. The Morgan fingerprint density at radius 3 is 2.56 bits per heavy atom. The zero-order chi connectivity index (χ0) is 13.1. The first-order chi connectivity index (χ1) is 8.60. The normalized spacial score (nSPS) is 23.0. The SMILES string of the molecule is Cc1cc(C)cc(C(NN)C2CN(C)CCO2)c1. The van der Waals surface area contributed by atoms with Crippen molar-refractivity contribution in [1.29, 1.82) is 0 Å². The van der Waals surface area contributed by atoms with E-state index in [9.17, 15) is 0 Å². The lowest BCUT2D eigenvalue weighted by Crippen LogP contribution is -2.48. The van der Waals surface area contributed by atoms with E-state index in [0.29, 0.717) is 0 Å². The van der Waals surface area contributed by atoms with Gasteiger partial charge in [0, 0.05) is 13.1 Å². The van der Waals surface area contributed by atoms with E-state index in [1.54, 1.807) is 0 Å². The fourth-order valence-corrected chi connectivity index (χ4v) is 2.62. The third kappa shape index (κ3) is 3.09. The lowest BCUT2D eigenvalue weighted by atomic mass is 9.97. The minimum Gasteiger partial charge on any atom is -0.374 e. The summed E-state index contributed by atoms with van der Waals surface area (Å²) in [6.45, 7) is 6.88. The first kappa shape index (κ1) is 13.5. The number of benzene rings is 1. The van der Waals surface area contributed by atoms with Crippen LogP contribution in [0.3, 0.4) is 0 Å². The van der Waals surface area contributed by atoms with Crippen LogP contribution in [-0.4, -0.2) is 37.7 Å². The van der Waals surface area contributed by atoms with Gasteiger partial charge in [0.15, 0.2) is 0 Å². The number of nitrogens with one attached hydrogen (secondary N) is 1. The second-order valence-corrected chi connectivity index (χ2v) is 5.24. The molecule has 2 unspecified atom stereocenters. The molecule has 1 heterocycles. The second kappa shape index (κ2) is 5.80. The summed E-state index contributed by atoms with van der Waals surface area (Å²) in [6.07, 6.45) is 0.106. The van der Waals surface area contributed by atoms with Crippen LogP contribution in [0.25, 0.3) is 0 Å². The van der Waals surface area contributed by atoms with Gasteiger partial charge in [0.05, 0.1) is 18.8 Å². The van der Waals surface area contributed by atoms with Crippen molar-refractivity contribution >= 4 is 0 Å². The van der Waals surface area contributed by atoms with Crippen LogP contribution >= 0.6 is 0 Å². The molecule has 1 fully saturated rings.